The lowest BCUT2D eigenvalue weighted by Crippen LogP contribution is -2.19. The standard InChI is InChI=1S/C28H30N2O3/c1-19-16-24(20(2)29-22-8-6-5-7-9-22)28-25(17-19)26(31)18-27(33-28)21-10-12-23(13-11-21)32-15-14-30(3)4/h5-13,16-18,20,29H,14-15H2,1-4H3/t20-/m1/s1. The fourth-order valence-corrected chi connectivity index (χ4v) is 3.82. The SMILES string of the molecule is Cc1cc([C@@H](C)Nc2ccccc2)c2oc(-c3ccc(OCCN(C)C)cc3)cc(=O)c2c1. The molecule has 3 aromatic carbocycles. The maximum Gasteiger partial charge on any atom is 0.193 e. The molecule has 0 saturated carbocycles. The summed E-state index contributed by atoms with van der Waals surface area (Å²) in [6.45, 7) is 5.54. The van der Waals surface area contributed by atoms with Gasteiger partial charge in [-0.05, 0) is 76.0 Å². The summed E-state index contributed by atoms with van der Waals surface area (Å²) >= 11 is 0. The molecule has 0 saturated heterocycles. The molecule has 0 fully saturated rings. The van der Waals surface area contributed by atoms with Crippen LogP contribution >= 0.6 is 0 Å². The summed E-state index contributed by atoms with van der Waals surface area (Å²) in [7, 11) is 4.03. The van der Waals surface area contributed by atoms with Crippen LogP contribution in [0.1, 0.15) is 24.1 Å². The number of para-hydroxylation sites is 1. The highest BCUT2D eigenvalue weighted by Gasteiger charge is 2.16. The number of rotatable bonds is 8. The van der Waals surface area contributed by atoms with Crippen LogP contribution in [0, 0.1) is 6.92 Å². The van der Waals surface area contributed by atoms with E-state index in [0.29, 0.717) is 23.3 Å². The average Bonchev–Trinajstić information content (AvgIpc) is 2.80. The average molecular weight is 443 g/mol. The van der Waals surface area contributed by atoms with Crippen molar-refractivity contribution in [2.24, 2.45) is 0 Å². The van der Waals surface area contributed by atoms with Gasteiger partial charge in [0.1, 0.15) is 23.7 Å². The van der Waals surface area contributed by atoms with Crippen molar-refractivity contribution in [2.45, 2.75) is 19.9 Å². The van der Waals surface area contributed by atoms with Crippen LogP contribution in [0.2, 0.25) is 0 Å². The van der Waals surface area contributed by atoms with E-state index in [0.717, 1.165) is 34.7 Å². The number of benzene rings is 3. The first kappa shape index (κ1) is 22.6. The topological polar surface area (TPSA) is 54.7 Å². The van der Waals surface area contributed by atoms with E-state index in [9.17, 15) is 4.79 Å². The van der Waals surface area contributed by atoms with Crippen molar-refractivity contribution in [1.82, 2.24) is 4.90 Å². The molecule has 0 radical (unpaired) electrons. The molecule has 0 amide bonds. The summed E-state index contributed by atoms with van der Waals surface area (Å²) in [5.41, 5.74) is 4.40. The summed E-state index contributed by atoms with van der Waals surface area (Å²) in [5, 5.41) is 4.11. The first-order chi connectivity index (χ1) is 15.9. The van der Waals surface area contributed by atoms with Gasteiger partial charge in [-0.2, -0.15) is 0 Å². The Morgan fingerprint density at radius 1 is 1.00 bits per heavy atom. The second-order valence-corrected chi connectivity index (χ2v) is 8.61. The van der Waals surface area contributed by atoms with Crippen molar-refractivity contribution in [3.8, 4) is 17.1 Å². The highest BCUT2D eigenvalue weighted by molar-refractivity contribution is 5.83. The number of hydrogen-bond donors (Lipinski definition) is 1. The van der Waals surface area contributed by atoms with E-state index in [4.69, 9.17) is 9.15 Å². The minimum absolute atomic E-state index is 0.0410. The van der Waals surface area contributed by atoms with Gasteiger partial charge in [-0.3, -0.25) is 4.79 Å². The third kappa shape index (κ3) is 5.44. The van der Waals surface area contributed by atoms with Gasteiger partial charge in [0.2, 0.25) is 0 Å². The van der Waals surface area contributed by atoms with Gasteiger partial charge < -0.3 is 19.4 Å². The molecule has 1 heterocycles. The van der Waals surface area contributed by atoms with Crippen molar-refractivity contribution < 1.29 is 9.15 Å². The molecule has 4 rings (SSSR count). The molecule has 0 bridgehead atoms. The minimum Gasteiger partial charge on any atom is -0.492 e. The van der Waals surface area contributed by atoms with Gasteiger partial charge in [0, 0.05) is 29.4 Å². The van der Waals surface area contributed by atoms with E-state index in [-0.39, 0.29) is 11.5 Å². The third-order valence-corrected chi connectivity index (χ3v) is 5.57. The number of likely N-dealkylation sites (N-methyl/N-ethyl adjacent to an activating group) is 1. The molecule has 0 spiro atoms. The number of anilines is 1. The van der Waals surface area contributed by atoms with Crippen LogP contribution in [0.5, 0.6) is 5.75 Å². The zero-order valence-electron chi connectivity index (χ0n) is 19.6. The molecule has 1 atom stereocenters. The first-order valence-electron chi connectivity index (χ1n) is 11.2. The zero-order chi connectivity index (χ0) is 23.4. The second kappa shape index (κ2) is 9.92. The summed E-state index contributed by atoms with van der Waals surface area (Å²) in [5.74, 6) is 1.34. The Kier molecular flexibility index (Phi) is 6.80. The van der Waals surface area contributed by atoms with Crippen LogP contribution in [0.25, 0.3) is 22.3 Å². The fraction of sp³-hybridized carbons (Fsp3) is 0.250. The molecule has 1 aromatic heterocycles. The van der Waals surface area contributed by atoms with Crippen LogP contribution in [0.15, 0.2) is 82.0 Å². The number of nitrogens with zero attached hydrogens (tertiary/aromatic N) is 1. The molecule has 0 unspecified atom stereocenters. The molecular formula is C28H30N2O3. The number of nitrogens with one attached hydrogen (secondary N) is 1. The molecule has 33 heavy (non-hydrogen) atoms. The first-order valence-corrected chi connectivity index (χ1v) is 11.2. The molecular weight excluding hydrogens is 412 g/mol. The number of hydrogen-bond acceptors (Lipinski definition) is 5. The Labute approximate surface area is 194 Å². The van der Waals surface area contributed by atoms with Crippen LogP contribution in [0.3, 0.4) is 0 Å². The molecule has 5 heteroatoms. The summed E-state index contributed by atoms with van der Waals surface area (Å²) < 4.78 is 12.1. The van der Waals surface area contributed by atoms with E-state index < -0.39 is 0 Å². The third-order valence-electron chi connectivity index (χ3n) is 5.57. The lowest BCUT2D eigenvalue weighted by molar-refractivity contribution is 0.261. The Balaban J connectivity index is 1.67. The van der Waals surface area contributed by atoms with Gasteiger partial charge >= 0.3 is 0 Å². The summed E-state index contributed by atoms with van der Waals surface area (Å²) in [4.78, 5) is 15.1. The van der Waals surface area contributed by atoms with E-state index >= 15 is 0 Å². The summed E-state index contributed by atoms with van der Waals surface area (Å²) in [6, 6.07) is 23.2. The van der Waals surface area contributed by atoms with Gasteiger partial charge in [-0.1, -0.05) is 24.3 Å². The molecule has 4 aromatic rings. The predicted octanol–water partition coefficient (Wildman–Crippen LogP) is 5.88. The van der Waals surface area contributed by atoms with E-state index in [1.54, 1.807) is 6.07 Å². The highest BCUT2D eigenvalue weighted by atomic mass is 16.5. The van der Waals surface area contributed by atoms with Crippen LogP contribution in [0.4, 0.5) is 5.69 Å². The fourth-order valence-electron chi connectivity index (χ4n) is 3.82. The van der Waals surface area contributed by atoms with Crippen LogP contribution < -0.4 is 15.5 Å². The Morgan fingerprint density at radius 2 is 1.73 bits per heavy atom. The van der Waals surface area contributed by atoms with Crippen molar-refractivity contribution >= 4 is 16.7 Å². The van der Waals surface area contributed by atoms with Crippen molar-refractivity contribution in [2.75, 3.05) is 32.6 Å². The molecule has 0 aliphatic heterocycles. The highest BCUT2D eigenvalue weighted by Crippen LogP contribution is 2.31. The number of fused-ring (bicyclic) bond motifs is 1. The lowest BCUT2D eigenvalue weighted by Gasteiger charge is -2.18. The molecule has 1 N–H and O–H groups in total. The van der Waals surface area contributed by atoms with E-state index in [1.165, 1.54) is 0 Å². The van der Waals surface area contributed by atoms with Crippen molar-refractivity contribution in [3.63, 3.8) is 0 Å². The maximum atomic E-state index is 13.0. The smallest absolute Gasteiger partial charge is 0.193 e. The van der Waals surface area contributed by atoms with Gasteiger partial charge in [-0.15, -0.1) is 0 Å². The molecule has 170 valence electrons. The molecule has 5 nitrogen and oxygen atoms in total. The second-order valence-electron chi connectivity index (χ2n) is 8.61. The quantitative estimate of drug-likeness (QED) is 0.369. The van der Waals surface area contributed by atoms with Gasteiger partial charge in [0.05, 0.1) is 11.4 Å². The zero-order valence-corrected chi connectivity index (χ0v) is 19.6. The largest absolute Gasteiger partial charge is 0.492 e. The predicted molar refractivity (Wildman–Crippen MR) is 135 cm³/mol. The Morgan fingerprint density at radius 3 is 2.42 bits per heavy atom. The Bertz CT molecular complexity index is 1280. The maximum absolute atomic E-state index is 13.0. The minimum atomic E-state index is -0.0468. The number of ether oxygens (including phenoxy) is 1. The normalized spacial score (nSPS) is 12.2. The Hall–Kier alpha value is -3.57. The van der Waals surface area contributed by atoms with Crippen LogP contribution in [-0.2, 0) is 0 Å². The van der Waals surface area contributed by atoms with Gasteiger partial charge in [-0.25, -0.2) is 0 Å². The monoisotopic (exact) mass is 442 g/mol. The summed E-state index contributed by atoms with van der Waals surface area (Å²) in [6.07, 6.45) is 0. The van der Waals surface area contributed by atoms with Crippen LogP contribution in [-0.4, -0.2) is 32.1 Å². The van der Waals surface area contributed by atoms with E-state index in [1.807, 2.05) is 81.7 Å². The van der Waals surface area contributed by atoms with Gasteiger partial charge in [0.15, 0.2) is 5.43 Å². The number of aryl methyl sites for hydroxylation is 1. The van der Waals surface area contributed by atoms with E-state index in [2.05, 4.69) is 23.2 Å². The van der Waals surface area contributed by atoms with Crippen molar-refractivity contribution in [1.29, 1.82) is 0 Å². The van der Waals surface area contributed by atoms with Gasteiger partial charge in [0.25, 0.3) is 0 Å². The van der Waals surface area contributed by atoms with Crippen molar-refractivity contribution in [3.05, 3.63) is 94.1 Å². The molecule has 0 aliphatic rings. The molecule has 0 aliphatic carbocycles. The lowest BCUT2D eigenvalue weighted by atomic mass is 10.0.